The van der Waals surface area contributed by atoms with E-state index in [1.54, 1.807) is 6.07 Å². The molecule has 0 aromatic heterocycles. The lowest BCUT2D eigenvalue weighted by Crippen LogP contribution is -1.95. The SMILES string of the molecule is Cc1cccc(-c2ccc(C=O)c([N+](=O)[O-])c2)c1C. The minimum atomic E-state index is -0.529. The average molecular weight is 255 g/mol. The molecule has 0 aliphatic carbocycles. The van der Waals surface area contributed by atoms with Crippen molar-refractivity contribution in [1.29, 1.82) is 0 Å². The van der Waals surface area contributed by atoms with Crippen LogP contribution in [0.3, 0.4) is 0 Å². The first kappa shape index (κ1) is 13.0. The number of carbonyl (C=O) groups is 1. The Kier molecular flexibility index (Phi) is 3.42. The molecule has 0 atom stereocenters. The summed E-state index contributed by atoms with van der Waals surface area (Å²) in [7, 11) is 0. The van der Waals surface area contributed by atoms with E-state index in [4.69, 9.17) is 0 Å². The number of rotatable bonds is 3. The summed E-state index contributed by atoms with van der Waals surface area (Å²) in [6.07, 6.45) is 0.505. The quantitative estimate of drug-likeness (QED) is 0.477. The van der Waals surface area contributed by atoms with Crippen molar-refractivity contribution in [3.05, 3.63) is 63.2 Å². The van der Waals surface area contributed by atoms with E-state index in [-0.39, 0.29) is 11.3 Å². The molecule has 0 aliphatic heterocycles. The second-order valence-corrected chi connectivity index (χ2v) is 4.40. The Bertz CT molecular complexity index is 662. The maximum Gasteiger partial charge on any atom is 0.280 e. The van der Waals surface area contributed by atoms with E-state index in [0.717, 1.165) is 22.3 Å². The molecule has 0 N–H and O–H groups in total. The molecule has 0 radical (unpaired) electrons. The zero-order chi connectivity index (χ0) is 14.0. The molecule has 4 heteroatoms. The van der Waals surface area contributed by atoms with Gasteiger partial charge in [-0.05, 0) is 42.2 Å². The molecule has 0 bridgehead atoms. The van der Waals surface area contributed by atoms with E-state index < -0.39 is 4.92 Å². The van der Waals surface area contributed by atoms with Gasteiger partial charge in [0.15, 0.2) is 6.29 Å². The van der Waals surface area contributed by atoms with Gasteiger partial charge in [0.05, 0.1) is 10.5 Å². The lowest BCUT2D eigenvalue weighted by atomic mass is 9.96. The summed E-state index contributed by atoms with van der Waals surface area (Å²) in [6, 6.07) is 10.5. The maximum absolute atomic E-state index is 11.0. The number of carbonyl (C=O) groups excluding carboxylic acids is 1. The van der Waals surface area contributed by atoms with Gasteiger partial charge in [-0.3, -0.25) is 14.9 Å². The van der Waals surface area contributed by atoms with Gasteiger partial charge in [0.25, 0.3) is 5.69 Å². The van der Waals surface area contributed by atoms with Crippen LogP contribution in [0.25, 0.3) is 11.1 Å². The molecular formula is C15H13NO3. The molecule has 19 heavy (non-hydrogen) atoms. The monoisotopic (exact) mass is 255 g/mol. The molecule has 96 valence electrons. The Labute approximate surface area is 110 Å². The standard InChI is InChI=1S/C15H13NO3/c1-10-4-3-5-14(11(10)2)12-6-7-13(9-17)15(8-12)16(18)19/h3-9H,1-2H3. The summed E-state index contributed by atoms with van der Waals surface area (Å²) in [5, 5.41) is 11.0. The van der Waals surface area contributed by atoms with Crippen molar-refractivity contribution in [1.82, 2.24) is 0 Å². The fourth-order valence-electron chi connectivity index (χ4n) is 2.03. The molecule has 4 nitrogen and oxygen atoms in total. The van der Waals surface area contributed by atoms with Crippen molar-refractivity contribution in [2.24, 2.45) is 0 Å². The largest absolute Gasteiger partial charge is 0.298 e. The zero-order valence-electron chi connectivity index (χ0n) is 10.7. The van der Waals surface area contributed by atoms with Gasteiger partial charge in [0.2, 0.25) is 0 Å². The third kappa shape index (κ3) is 2.38. The molecule has 0 spiro atoms. The van der Waals surface area contributed by atoms with Crippen LogP contribution in [0.5, 0.6) is 0 Å². The Morgan fingerprint density at radius 3 is 2.53 bits per heavy atom. The molecular weight excluding hydrogens is 242 g/mol. The highest BCUT2D eigenvalue weighted by Crippen LogP contribution is 2.29. The summed E-state index contributed by atoms with van der Waals surface area (Å²) in [5.41, 5.74) is 3.83. The van der Waals surface area contributed by atoms with Gasteiger partial charge in [0, 0.05) is 6.07 Å². The molecule has 2 rings (SSSR count). The maximum atomic E-state index is 11.0. The van der Waals surface area contributed by atoms with Crippen LogP contribution in [0.2, 0.25) is 0 Å². The number of benzene rings is 2. The highest BCUT2D eigenvalue weighted by Gasteiger charge is 2.15. The Morgan fingerprint density at radius 1 is 1.16 bits per heavy atom. The summed E-state index contributed by atoms with van der Waals surface area (Å²) < 4.78 is 0. The number of hydrogen-bond acceptors (Lipinski definition) is 3. The van der Waals surface area contributed by atoms with Crippen LogP contribution in [0.15, 0.2) is 36.4 Å². The Hall–Kier alpha value is -2.49. The van der Waals surface area contributed by atoms with Crippen molar-refractivity contribution in [3.8, 4) is 11.1 Å². The van der Waals surface area contributed by atoms with Crippen molar-refractivity contribution >= 4 is 12.0 Å². The topological polar surface area (TPSA) is 60.2 Å². The van der Waals surface area contributed by atoms with Gasteiger partial charge in [-0.2, -0.15) is 0 Å². The third-order valence-electron chi connectivity index (χ3n) is 3.27. The van der Waals surface area contributed by atoms with Gasteiger partial charge in [-0.15, -0.1) is 0 Å². The number of nitro groups is 1. The lowest BCUT2D eigenvalue weighted by molar-refractivity contribution is -0.385. The molecule has 0 amide bonds. The van der Waals surface area contributed by atoms with Crippen LogP contribution in [0.1, 0.15) is 21.5 Å². The molecule has 0 saturated carbocycles. The van der Waals surface area contributed by atoms with Gasteiger partial charge < -0.3 is 0 Å². The van der Waals surface area contributed by atoms with E-state index in [2.05, 4.69) is 0 Å². The molecule has 2 aromatic rings. The van der Waals surface area contributed by atoms with Gasteiger partial charge in [-0.1, -0.05) is 24.3 Å². The van der Waals surface area contributed by atoms with Crippen molar-refractivity contribution < 1.29 is 9.72 Å². The molecule has 0 fully saturated rings. The highest BCUT2D eigenvalue weighted by molar-refractivity contribution is 5.84. The fourth-order valence-corrected chi connectivity index (χ4v) is 2.03. The van der Waals surface area contributed by atoms with Crippen molar-refractivity contribution in [3.63, 3.8) is 0 Å². The number of aryl methyl sites for hydroxylation is 1. The summed E-state index contributed by atoms with van der Waals surface area (Å²) in [6.45, 7) is 3.97. The predicted molar refractivity (Wildman–Crippen MR) is 73.4 cm³/mol. The van der Waals surface area contributed by atoms with Crippen LogP contribution in [-0.2, 0) is 0 Å². The van der Waals surface area contributed by atoms with E-state index in [1.165, 1.54) is 12.1 Å². The summed E-state index contributed by atoms with van der Waals surface area (Å²) in [4.78, 5) is 21.2. The van der Waals surface area contributed by atoms with Crippen molar-refractivity contribution in [2.75, 3.05) is 0 Å². The molecule has 2 aromatic carbocycles. The van der Waals surface area contributed by atoms with Crippen LogP contribution in [-0.4, -0.2) is 11.2 Å². The second-order valence-electron chi connectivity index (χ2n) is 4.40. The zero-order valence-corrected chi connectivity index (χ0v) is 10.7. The average Bonchev–Trinajstić information content (AvgIpc) is 2.41. The van der Waals surface area contributed by atoms with Crippen LogP contribution in [0.4, 0.5) is 5.69 Å². The number of hydrogen-bond donors (Lipinski definition) is 0. The van der Waals surface area contributed by atoms with Gasteiger partial charge in [-0.25, -0.2) is 0 Å². The first-order valence-electron chi connectivity index (χ1n) is 5.85. The van der Waals surface area contributed by atoms with Crippen molar-refractivity contribution in [2.45, 2.75) is 13.8 Å². The smallest absolute Gasteiger partial charge is 0.280 e. The van der Waals surface area contributed by atoms with E-state index in [9.17, 15) is 14.9 Å². The molecule has 0 unspecified atom stereocenters. The molecule has 0 heterocycles. The van der Waals surface area contributed by atoms with E-state index >= 15 is 0 Å². The van der Waals surface area contributed by atoms with Crippen LogP contribution < -0.4 is 0 Å². The minimum absolute atomic E-state index is 0.0963. The minimum Gasteiger partial charge on any atom is -0.298 e. The predicted octanol–water partition coefficient (Wildman–Crippen LogP) is 3.69. The first-order valence-corrected chi connectivity index (χ1v) is 5.85. The number of nitro benzene ring substituents is 1. The van der Waals surface area contributed by atoms with Crippen LogP contribution >= 0.6 is 0 Å². The normalized spacial score (nSPS) is 10.2. The fraction of sp³-hybridized carbons (Fsp3) is 0.133. The summed E-state index contributed by atoms with van der Waals surface area (Å²) >= 11 is 0. The van der Waals surface area contributed by atoms with Gasteiger partial charge in [0.1, 0.15) is 0 Å². The Morgan fingerprint density at radius 2 is 1.89 bits per heavy atom. The lowest BCUT2D eigenvalue weighted by Gasteiger charge is -2.09. The van der Waals surface area contributed by atoms with Gasteiger partial charge >= 0.3 is 0 Å². The third-order valence-corrected chi connectivity index (χ3v) is 3.27. The second kappa shape index (κ2) is 5.02. The Balaban J connectivity index is 2.64. The molecule has 0 aliphatic rings. The highest BCUT2D eigenvalue weighted by atomic mass is 16.6. The summed E-state index contributed by atoms with van der Waals surface area (Å²) in [5.74, 6) is 0. The van der Waals surface area contributed by atoms with E-state index in [0.29, 0.717) is 6.29 Å². The number of aldehydes is 1. The first-order chi connectivity index (χ1) is 9.04. The number of nitrogens with zero attached hydrogens (tertiary/aromatic N) is 1. The van der Waals surface area contributed by atoms with E-state index in [1.807, 2.05) is 32.0 Å². The van der Waals surface area contributed by atoms with Crippen LogP contribution in [0, 0.1) is 24.0 Å². The molecule has 0 saturated heterocycles.